The highest BCUT2D eigenvalue weighted by molar-refractivity contribution is 5.27. The molecular weight excluding hydrogens is 120 g/mol. The monoisotopic (exact) mass is 135 g/mol. The summed E-state index contributed by atoms with van der Waals surface area (Å²) in [5.74, 6) is 1.39. The van der Waals surface area contributed by atoms with Crippen LogP contribution in [-0.2, 0) is 0 Å². The first-order valence-corrected chi connectivity index (χ1v) is 3.90. The third-order valence-corrected chi connectivity index (χ3v) is 1.93. The summed E-state index contributed by atoms with van der Waals surface area (Å²) in [6.07, 6.45) is 8.95. The molecule has 0 nitrogen and oxygen atoms in total. The van der Waals surface area contributed by atoms with E-state index in [1.54, 1.807) is 0 Å². The Morgan fingerprint density at radius 1 is 1.40 bits per heavy atom. The summed E-state index contributed by atoms with van der Waals surface area (Å²) >= 11 is 0. The molecule has 1 aliphatic carbocycles. The quantitative estimate of drug-likeness (QED) is 0.518. The van der Waals surface area contributed by atoms with Gasteiger partial charge in [0, 0.05) is 0 Å². The SMILES string of the molecule is CC1=C[CH]C(C(C)C)C=C1. The highest BCUT2D eigenvalue weighted by atomic mass is 14.1. The summed E-state index contributed by atoms with van der Waals surface area (Å²) in [5.41, 5.74) is 1.36. The third-order valence-electron chi connectivity index (χ3n) is 1.93. The Labute approximate surface area is 63.6 Å². The van der Waals surface area contributed by atoms with Crippen LogP contribution in [0.15, 0.2) is 23.8 Å². The normalized spacial score (nSPS) is 25.2. The first-order chi connectivity index (χ1) is 4.70. The standard InChI is InChI=1S/C10H15/c1-8(2)10-6-4-9(3)5-7-10/h4-8,10H,1-3H3. The van der Waals surface area contributed by atoms with Crippen molar-refractivity contribution in [2.45, 2.75) is 20.8 Å². The molecule has 55 valence electrons. The summed E-state index contributed by atoms with van der Waals surface area (Å²) in [7, 11) is 0. The molecule has 0 aromatic heterocycles. The van der Waals surface area contributed by atoms with Crippen molar-refractivity contribution < 1.29 is 0 Å². The van der Waals surface area contributed by atoms with Crippen LogP contribution in [0.5, 0.6) is 0 Å². The number of allylic oxidation sites excluding steroid dienone is 4. The van der Waals surface area contributed by atoms with E-state index in [1.807, 2.05) is 0 Å². The molecule has 0 fully saturated rings. The Morgan fingerprint density at radius 2 is 2.10 bits per heavy atom. The molecule has 0 saturated heterocycles. The van der Waals surface area contributed by atoms with Crippen LogP contribution < -0.4 is 0 Å². The van der Waals surface area contributed by atoms with Gasteiger partial charge in [-0.3, -0.25) is 0 Å². The lowest BCUT2D eigenvalue weighted by Crippen LogP contribution is -2.07. The smallest absolute Gasteiger partial charge is 0.00933 e. The number of rotatable bonds is 1. The van der Waals surface area contributed by atoms with Gasteiger partial charge in [-0.25, -0.2) is 0 Å². The Morgan fingerprint density at radius 3 is 2.50 bits per heavy atom. The molecule has 0 N–H and O–H groups in total. The van der Waals surface area contributed by atoms with Crippen molar-refractivity contribution in [3.63, 3.8) is 0 Å². The molecule has 0 spiro atoms. The maximum absolute atomic E-state index is 2.28. The van der Waals surface area contributed by atoms with Crippen molar-refractivity contribution in [3.8, 4) is 0 Å². The fourth-order valence-corrected chi connectivity index (χ4v) is 1.09. The van der Waals surface area contributed by atoms with E-state index in [-0.39, 0.29) is 0 Å². The number of hydrogen-bond acceptors (Lipinski definition) is 0. The second-order valence-corrected chi connectivity index (χ2v) is 3.28. The predicted molar refractivity (Wildman–Crippen MR) is 45.5 cm³/mol. The molecule has 1 aliphatic rings. The van der Waals surface area contributed by atoms with Crippen LogP contribution in [-0.4, -0.2) is 0 Å². The molecule has 0 heterocycles. The Hall–Kier alpha value is -0.520. The fraction of sp³-hybridized carbons (Fsp3) is 0.500. The van der Waals surface area contributed by atoms with Gasteiger partial charge in [-0.1, -0.05) is 37.6 Å². The molecule has 1 rings (SSSR count). The van der Waals surface area contributed by atoms with Crippen molar-refractivity contribution in [1.82, 2.24) is 0 Å². The van der Waals surface area contributed by atoms with Crippen molar-refractivity contribution in [2.24, 2.45) is 11.8 Å². The van der Waals surface area contributed by atoms with E-state index >= 15 is 0 Å². The van der Waals surface area contributed by atoms with Gasteiger partial charge in [0.15, 0.2) is 0 Å². The molecular formula is C10H15. The van der Waals surface area contributed by atoms with Gasteiger partial charge in [0.2, 0.25) is 0 Å². The van der Waals surface area contributed by atoms with E-state index in [1.165, 1.54) is 5.57 Å². The van der Waals surface area contributed by atoms with E-state index in [2.05, 4.69) is 45.4 Å². The van der Waals surface area contributed by atoms with Gasteiger partial charge >= 0.3 is 0 Å². The molecule has 0 saturated carbocycles. The van der Waals surface area contributed by atoms with Crippen LogP contribution in [0.3, 0.4) is 0 Å². The van der Waals surface area contributed by atoms with Gasteiger partial charge in [-0.2, -0.15) is 0 Å². The zero-order chi connectivity index (χ0) is 7.56. The molecule has 0 bridgehead atoms. The van der Waals surface area contributed by atoms with Crippen LogP contribution in [0, 0.1) is 18.3 Å². The van der Waals surface area contributed by atoms with Gasteiger partial charge in [0.1, 0.15) is 0 Å². The maximum Gasteiger partial charge on any atom is -0.00933 e. The fourth-order valence-electron chi connectivity index (χ4n) is 1.09. The summed E-state index contributed by atoms with van der Waals surface area (Å²) in [4.78, 5) is 0. The van der Waals surface area contributed by atoms with Gasteiger partial charge < -0.3 is 0 Å². The lowest BCUT2D eigenvalue weighted by atomic mass is 9.88. The molecule has 1 unspecified atom stereocenters. The van der Waals surface area contributed by atoms with E-state index < -0.39 is 0 Å². The Balaban J connectivity index is 2.52. The molecule has 0 heteroatoms. The third kappa shape index (κ3) is 1.73. The zero-order valence-corrected chi connectivity index (χ0v) is 6.96. The van der Waals surface area contributed by atoms with Gasteiger partial charge in [0.05, 0.1) is 0 Å². The van der Waals surface area contributed by atoms with Crippen molar-refractivity contribution >= 4 is 0 Å². The molecule has 0 amide bonds. The van der Waals surface area contributed by atoms with Gasteiger partial charge in [-0.05, 0) is 25.2 Å². The van der Waals surface area contributed by atoms with Gasteiger partial charge in [-0.15, -0.1) is 0 Å². The van der Waals surface area contributed by atoms with E-state index in [0.29, 0.717) is 5.92 Å². The van der Waals surface area contributed by atoms with E-state index in [9.17, 15) is 0 Å². The lowest BCUT2D eigenvalue weighted by Gasteiger charge is -2.17. The average molecular weight is 135 g/mol. The second kappa shape index (κ2) is 3.05. The topological polar surface area (TPSA) is 0 Å². The summed E-state index contributed by atoms with van der Waals surface area (Å²) in [6, 6.07) is 0. The summed E-state index contributed by atoms with van der Waals surface area (Å²) < 4.78 is 0. The van der Waals surface area contributed by atoms with Crippen molar-refractivity contribution in [1.29, 1.82) is 0 Å². The van der Waals surface area contributed by atoms with Crippen LogP contribution in [0.1, 0.15) is 20.8 Å². The van der Waals surface area contributed by atoms with Gasteiger partial charge in [0.25, 0.3) is 0 Å². The zero-order valence-electron chi connectivity index (χ0n) is 6.96. The Bertz CT molecular complexity index is 161. The first-order valence-electron chi connectivity index (χ1n) is 3.90. The van der Waals surface area contributed by atoms with Crippen LogP contribution in [0.4, 0.5) is 0 Å². The lowest BCUT2D eigenvalue weighted by molar-refractivity contribution is 0.527. The van der Waals surface area contributed by atoms with Crippen molar-refractivity contribution in [3.05, 3.63) is 30.2 Å². The van der Waals surface area contributed by atoms with E-state index in [0.717, 1.165) is 5.92 Å². The van der Waals surface area contributed by atoms with Crippen molar-refractivity contribution in [2.75, 3.05) is 0 Å². The average Bonchev–Trinajstić information content (AvgIpc) is 1.88. The highest BCUT2D eigenvalue weighted by Gasteiger charge is 2.10. The largest absolute Gasteiger partial charge is 0.0803 e. The predicted octanol–water partition coefficient (Wildman–Crippen LogP) is 2.98. The summed E-state index contributed by atoms with van der Waals surface area (Å²) in [5, 5.41) is 0. The van der Waals surface area contributed by atoms with Crippen LogP contribution in [0.2, 0.25) is 0 Å². The highest BCUT2D eigenvalue weighted by Crippen LogP contribution is 2.21. The maximum atomic E-state index is 2.28. The molecule has 0 aromatic carbocycles. The molecule has 1 atom stereocenters. The molecule has 0 aliphatic heterocycles. The number of hydrogen-bond donors (Lipinski definition) is 0. The summed E-state index contributed by atoms with van der Waals surface area (Å²) in [6.45, 7) is 6.63. The molecule has 0 aromatic rings. The van der Waals surface area contributed by atoms with Crippen LogP contribution in [0.25, 0.3) is 0 Å². The minimum absolute atomic E-state index is 0.656. The first kappa shape index (κ1) is 7.59. The Kier molecular flexibility index (Phi) is 2.31. The minimum Gasteiger partial charge on any atom is -0.0803 e. The van der Waals surface area contributed by atoms with Crippen LogP contribution >= 0.6 is 0 Å². The van der Waals surface area contributed by atoms with E-state index in [4.69, 9.17) is 0 Å². The molecule has 1 radical (unpaired) electrons. The molecule has 10 heavy (non-hydrogen) atoms. The minimum atomic E-state index is 0.656. The second-order valence-electron chi connectivity index (χ2n) is 3.28.